The van der Waals surface area contributed by atoms with Gasteiger partial charge in [0, 0.05) is 18.7 Å². The number of non-ortho nitro benzene ring substituents is 1. The van der Waals surface area contributed by atoms with Crippen LogP contribution in [-0.2, 0) is 16.4 Å². The molecule has 0 unspecified atom stereocenters. The molecule has 2 aromatic rings. The third-order valence-corrected chi connectivity index (χ3v) is 4.08. The first kappa shape index (κ1) is 14.2. The Kier molecular flexibility index (Phi) is 4.16. The van der Waals surface area contributed by atoms with Crippen LogP contribution < -0.4 is 4.72 Å². The average molecular weight is 296 g/mol. The molecule has 20 heavy (non-hydrogen) atoms. The maximum atomic E-state index is 12.0. The zero-order chi connectivity index (χ0) is 14.6. The zero-order valence-electron chi connectivity index (χ0n) is 10.4. The molecule has 0 radical (unpaired) electrons. The van der Waals surface area contributed by atoms with Crippen LogP contribution in [0.25, 0.3) is 0 Å². The van der Waals surface area contributed by atoms with Gasteiger partial charge in [-0.15, -0.1) is 0 Å². The number of nitro benzene ring substituents is 1. The minimum atomic E-state index is -3.75. The molecule has 7 nitrogen and oxygen atoms in total. The molecule has 1 aromatic carbocycles. The maximum Gasteiger partial charge on any atom is 0.270 e. The number of furan rings is 1. The Balaban J connectivity index is 2.06. The van der Waals surface area contributed by atoms with Crippen LogP contribution in [0.15, 0.2) is 52.2 Å². The van der Waals surface area contributed by atoms with Gasteiger partial charge in [0.25, 0.3) is 5.69 Å². The lowest BCUT2D eigenvalue weighted by molar-refractivity contribution is -0.385. The van der Waals surface area contributed by atoms with E-state index < -0.39 is 14.9 Å². The zero-order valence-corrected chi connectivity index (χ0v) is 11.2. The Labute approximate surface area is 115 Å². The molecule has 0 amide bonds. The van der Waals surface area contributed by atoms with Gasteiger partial charge in [0.2, 0.25) is 10.0 Å². The molecule has 1 N–H and O–H groups in total. The van der Waals surface area contributed by atoms with E-state index in [0.29, 0.717) is 6.42 Å². The van der Waals surface area contributed by atoms with Crippen LogP contribution in [0.2, 0.25) is 0 Å². The summed E-state index contributed by atoms with van der Waals surface area (Å²) in [5.74, 6) is 0. The monoisotopic (exact) mass is 296 g/mol. The molecule has 8 heteroatoms. The van der Waals surface area contributed by atoms with Gasteiger partial charge in [-0.2, -0.15) is 0 Å². The first-order valence-electron chi connectivity index (χ1n) is 5.74. The van der Waals surface area contributed by atoms with Crippen LogP contribution in [-0.4, -0.2) is 19.9 Å². The van der Waals surface area contributed by atoms with Gasteiger partial charge < -0.3 is 4.42 Å². The molecule has 0 atom stereocenters. The molecular formula is C12H12N2O5S. The van der Waals surface area contributed by atoms with Gasteiger partial charge in [-0.3, -0.25) is 10.1 Å². The van der Waals surface area contributed by atoms with Crippen molar-refractivity contribution in [3.8, 4) is 0 Å². The second-order valence-electron chi connectivity index (χ2n) is 4.03. The van der Waals surface area contributed by atoms with Crippen LogP contribution in [0, 0.1) is 10.1 Å². The lowest BCUT2D eigenvalue weighted by Crippen LogP contribution is -2.25. The van der Waals surface area contributed by atoms with Crippen molar-refractivity contribution in [3.05, 3.63) is 58.5 Å². The third kappa shape index (κ3) is 3.43. The number of hydrogen-bond acceptors (Lipinski definition) is 5. The van der Waals surface area contributed by atoms with Gasteiger partial charge in [-0.25, -0.2) is 13.1 Å². The standard InChI is InChI=1S/C12H12N2O5S/c15-14(16)11-2-1-3-12(8-11)20(17,18)13-6-4-10-5-7-19-9-10/h1-3,5,7-9,13H,4,6H2. The van der Waals surface area contributed by atoms with E-state index in [1.807, 2.05) is 0 Å². The highest BCUT2D eigenvalue weighted by Gasteiger charge is 2.17. The van der Waals surface area contributed by atoms with Crippen LogP contribution in [0.1, 0.15) is 5.56 Å². The quantitative estimate of drug-likeness (QED) is 0.645. The van der Waals surface area contributed by atoms with Gasteiger partial charge in [-0.05, 0) is 24.1 Å². The second kappa shape index (κ2) is 5.85. The lowest BCUT2D eigenvalue weighted by atomic mass is 10.2. The van der Waals surface area contributed by atoms with E-state index in [2.05, 4.69) is 4.72 Å². The number of hydrogen-bond donors (Lipinski definition) is 1. The maximum absolute atomic E-state index is 12.0. The van der Waals surface area contributed by atoms with E-state index in [1.165, 1.54) is 30.7 Å². The highest BCUT2D eigenvalue weighted by molar-refractivity contribution is 7.89. The summed E-state index contributed by atoms with van der Waals surface area (Å²) >= 11 is 0. The van der Waals surface area contributed by atoms with Gasteiger partial charge >= 0.3 is 0 Å². The predicted octanol–water partition coefficient (Wildman–Crippen LogP) is 1.71. The van der Waals surface area contributed by atoms with E-state index in [0.717, 1.165) is 11.6 Å². The van der Waals surface area contributed by atoms with Crippen LogP contribution in [0.4, 0.5) is 5.69 Å². The molecule has 2 rings (SSSR count). The molecule has 1 aromatic heterocycles. The second-order valence-corrected chi connectivity index (χ2v) is 5.80. The topological polar surface area (TPSA) is 102 Å². The Morgan fingerprint density at radius 1 is 1.30 bits per heavy atom. The number of rotatable bonds is 6. The van der Waals surface area contributed by atoms with E-state index in [9.17, 15) is 18.5 Å². The molecule has 0 spiro atoms. The molecular weight excluding hydrogens is 284 g/mol. The highest BCUT2D eigenvalue weighted by atomic mass is 32.2. The van der Waals surface area contributed by atoms with Crippen molar-refractivity contribution in [2.75, 3.05) is 6.54 Å². The first-order chi connectivity index (χ1) is 9.49. The summed E-state index contributed by atoms with van der Waals surface area (Å²) in [6.45, 7) is 0.185. The van der Waals surface area contributed by atoms with Crippen molar-refractivity contribution in [2.45, 2.75) is 11.3 Å². The number of nitro groups is 1. The van der Waals surface area contributed by atoms with Crippen LogP contribution >= 0.6 is 0 Å². The molecule has 0 fully saturated rings. The highest BCUT2D eigenvalue weighted by Crippen LogP contribution is 2.17. The fourth-order valence-electron chi connectivity index (χ4n) is 1.61. The van der Waals surface area contributed by atoms with Crippen molar-refractivity contribution >= 4 is 15.7 Å². The predicted molar refractivity (Wildman–Crippen MR) is 70.7 cm³/mol. The number of benzene rings is 1. The summed E-state index contributed by atoms with van der Waals surface area (Å²) in [5, 5.41) is 10.6. The van der Waals surface area contributed by atoms with Crippen molar-refractivity contribution in [1.29, 1.82) is 0 Å². The largest absolute Gasteiger partial charge is 0.472 e. The Hall–Kier alpha value is -2.19. The number of nitrogens with one attached hydrogen (secondary N) is 1. The van der Waals surface area contributed by atoms with Gasteiger partial charge in [0.1, 0.15) is 0 Å². The van der Waals surface area contributed by atoms with Crippen molar-refractivity contribution in [2.24, 2.45) is 0 Å². The van der Waals surface area contributed by atoms with Gasteiger partial charge in [-0.1, -0.05) is 6.07 Å². The van der Waals surface area contributed by atoms with Crippen molar-refractivity contribution < 1.29 is 17.8 Å². The Morgan fingerprint density at radius 3 is 2.75 bits per heavy atom. The summed E-state index contributed by atoms with van der Waals surface area (Å²) in [6, 6.07) is 6.66. The summed E-state index contributed by atoms with van der Waals surface area (Å²) < 4.78 is 31.2. The molecule has 0 aliphatic heterocycles. The Bertz CT molecular complexity index is 694. The molecule has 0 saturated carbocycles. The number of nitrogens with zero attached hydrogens (tertiary/aromatic N) is 1. The van der Waals surface area contributed by atoms with Crippen LogP contribution in [0.5, 0.6) is 0 Å². The third-order valence-electron chi connectivity index (χ3n) is 2.62. The average Bonchev–Trinajstić information content (AvgIpc) is 2.92. The summed E-state index contributed by atoms with van der Waals surface area (Å²) in [4.78, 5) is 9.87. The van der Waals surface area contributed by atoms with E-state index in [-0.39, 0.29) is 17.1 Å². The molecule has 1 heterocycles. The summed E-state index contributed by atoms with van der Waals surface area (Å²) in [6.07, 6.45) is 3.51. The van der Waals surface area contributed by atoms with Crippen molar-refractivity contribution in [3.63, 3.8) is 0 Å². The van der Waals surface area contributed by atoms with Gasteiger partial charge in [0.15, 0.2) is 0 Å². The Morgan fingerprint density at radius 2 is 2.10 bits per heavy atom. The van der Waals surface area contributed by atoms with Crippen molar-refractivity contribution in [1.82, 2.24) is 4.72 Å². The molecule has 0 aliphatic rings. The first-order valence-corrected chi connectivity index (χ1v) is 7.22. The fraction of sp³-hybridized carbons (Fsp3) is 0.167. The normalized spacial score (nSPS) is 11.4. The molecule has 0 bridgehead atoms. The summed E-state index contributed by atoms with van der Waals surface area (Å²) in [7, 11) is -3.75. The van der Waals surface area contributed by atoms with Gasteiger partial charge in [0.05, 0.1) is 22.3 Å². The van der Waals surface area contributed by atoms with Crippen LogP contribution in [0.3, 0.4) is 0 Å². The fourth-order valence-corrected chi connectivity index (χ4v) is 2.68. The van der Waals surface area contributed by atoms with E-state index in [1.54, 1.807) is 6.07 Å². The molecule has 0 aliphatic carbocycles. The minimum Gasteiger partial charge on any atom is -0.472 e. The van der Waals surface area contributed by atoms with E-state index in [4.69, 9.17) is 4.42 Å². The smallest absolute Gasteiger partial charge is 0.270 e. The SMILES string of the molecule is O=[N+]([O-])c1cccc(S(=O)(=O)NCCc2ccoc2)c1. The molecule has 0 saturated heterocycles. The minimum absolute atomic E-state index is 0.126. The van der Waals surface area contributed by atoms with E-state index >= 15 is 0 Å². The molecule has 106 valence electrons. The summed E-state index contributed by atoms with van der Waals surface area (Å²) in [5.41, 5.74) is 0.606. The number of sulfonamides is 1. The lowest BCUT2D eigenvalue weighted by Gasteiger charge is -2.05.